The predicted molar refractivity (Wildman–Crippen MR) is 123 cm³/mol. The minimum atomic E-state index is -0.373. The molecule has 1 unspecified atom stereocenters. The third-order valence-corrected chi connectivity index (χ3v) is 6.07. The number of anilines is 1. The highest BCUT2D eigenvalue weighted by Gasteiger charge is 2.34. The number of carbonyl (C=O) groups excluding carboxylic acids is 2. The van der Waals surface area contributed by atoms with E-state index in [9.17, 15) is 9.59 Å². The lowest BCUT2D eigenvalue weighted by molar-refractivity contribution is -0.132. The van der Waals surface area contributed by atoms with Gasteiger partial charge in [0.2, 0.25) is 5.91 Å². The number of piperazine rings is 1. The van der Waals surface area contributed by atoms with Gasteiger partial charge < -0.3 is 15.4 Å². The van der Waals surface area contributed by atoms with Gasteiger partial charge in [-0.1, -0.05) is 23.7 Å². The molecule has 0 saturated carbocycles. The van der Waals surface area contributed by atoms with Crippen molar-refractivity contribution in [2.24, 2.45) is 5.73 Å². The number of halogens is 1. The highest BCUT2D eigenvalue weighted by atomic mass is 35.5. The summed E-state index contributed by atoms with van der Waals surface area (Å²) in [5.74, 6) is 0.101. The standard InChI is InChI=1S/C23H26ClN5O3/c24-18-5-1-16(2-6-18)13-21(30)28-11-9-27(10-12-28)14-20-15-29(23(31)32-20)19-7-3-17(4-8-19)22(25)26/h1-8,20H,9-15H2,(H3,25,26). The SMILES string of the molecule is N=C(N)c1ccc(N2CC(CN3CCN(C(=O)Cc4ccc(Cl)cc4)CC3)OC2=O)cc1. The number of nitrogens with zero attached hydrogens (tertiary/aromatic N) is 3. The lowest BCUT2D eigenvalue weighted by Crippen LogP contribution is -2.51. The van der Waals surface area contributed by atoms with E-state index in [2.05, 4.69) is 4.90 Å². The number of nitrogen functional groups attached to an aromatic ring is 1. The van der Waals surface area contributed by atoms with Crippen LogP contribution in [0.1, 0.15) is 11.1 Å². The van der Waals surface area contributed by atoms with E-state index >= 15 is 0 Å². The molecular formula is C23H26ClN5O3. The van der Waals surface area contributed by atoms with E-state index in [-0.39, 0.29) is 23.9 Å². The monoisotopic (exact) mass is 455 g/mol. The zero-order chi connectivity index (χ0) is 22.7. The first-order valence-electron chi connectivity index (χ1n) is 10.6. The fraction of sp³-hybridized carbons (Fsp3) is 0.348. The summed E-state index contributed by atoms with van der Waals surface area (Å²) in [4.78, 5) is 30.6. The molecule has 0 bridgehead atoms. The van der Waals surface area contributed by atoms with Crippen LogP contribution in [0.5, 0.6) is 0 Å². The molecule has 2 fully saturated rings. The molecule has 0 aliphatic carbocycles. The smallest absolute Gasteiger partial charge is 0.414 e. The highest BCUT2D eigenvalue weighted by Crippen LogP contribution is 2.23. The summed E-state index contributed by atoms with van der Waals surface area (Å²) in [6.07, 6.45) is -0.233. The summed E-state index contributed by atoms with van der Waals surface area (Å²) in [7, 11) is 0. The van der Waals surface area contributed by atoms with Crippen molar-refractivity contribution in [3.8, 4) is 0 Å². The molecule has 168 valence electrons. The Kier molecular flexibility index (Phi) is 6.62. The maximum Gasteiger partial charge on any atom is 0.414 e. The molecular weight excluding hydrogens is 430 g/mol. The van der Waals surface area contributed by atoms with Crippen LogP contribution in [0.3, 0.4) is 0 Å². The first-order valence-corrected chi connectivity index (χ1v) is 10.9. The van der Waals surface area contributed by atoms with Gasteiger partial charge in [-0.3, -0.25) is 20.0 Å². The average Bonchev–Trinajstić information content (AvgIpc) is 3.15. The summed E-state index contributed by atoms with van der Waals surface area (Å²) in [6, 6.07) is 14.3. The van der Waals surface area contributed by atoms with E-state index in [1.807, 2.05) is 17.0 Å². The van der Waals surface area contributed by atoms with Crippen LogP contribution in [0.2, 0.25) is 5.02 Å². The normalized spacial score (nSPS) is 19.2. The van der Waals surface area contributed by atoms with Crippen LogP contribution in [0, 0.1) is 5.41 Å². The third-order valence-electron chi connectivity index (χ3n) is 5.82. The third kappa shape index (κ3) is 5.20. The first-order chi connectivity index (χ1) is 15.4. The topological polar surface area (TPSA) is 103 Å². The van der Waals surface area contributed by atoms with E-state index in [4.69, 9.17) is 27.5 Å². The minimum Gasteiger partial charge on any atom is -0.443 e. The molecule has 0 radical (unpaired) electrons. The quantitative estimate of drug-likeness (QED) is 0.514. The largest absolute Gasteiger partial charge is 0.443 e. The molecule has 0 spiro atoms. The van der Waals surface area contributed by atoms with Gasteiger partial charge in [0.15, 0.2) is 0 Å². The molecule has 4 rings (SSSR count). The van der Waals surface area contributed by atoms with Crippen molar-refractivity contribution in [2.75, 3.05) is 44.2 Å². The van der Waals surface area contributed by atoms with Gasteiger partial charge in [0, 0.05) is 49.0 Å². The van der Waals surface area contributed by atoms with Gasteiger partial charge in [-0.15, -0.1) is 0 Å². The Bertz CT molecular complexity index is 988. The number of ether oxygens (including phenoxy) is 1. The number of amidine groups is 1. The van der Waals surface area contributed by atoms with E-state index < -0.39 is 0 Å². The van der Waals surface area contributed by atoms with E-state index in [1.54, 1.807) is 41.3 Å². The molecule has 2 aliphatic rings. The van der Waals surface area contributed by atoms with Crippen LogP contribution >= 0.6 is 11.6 Å². The van der Waals surface area contributed by atoms with Crippen molar-refractivity contribution in [1.82, 2.24) is 9.80 Å². The molecule has 8 nitrogen and oxygen atoms in total. The van der Waals surface area contributed by atoms with Gasteiger partial charge >= 0.3 is 6.09 Å². The van der Waals surface area contributed by atoms with E-state index in [0.29, 0.717) is 43.2 Å². The second kappa shape index (κ2) is 9.58. The van der Waals surface area contributed by atoms with Crippen molar-refractivity contribution in [1.29, 1.82) is 5.41 Å². The molecule has 1 atom stereocenters. The maximum atomic E-state index is 12.6. The summed E-state index contributed by atoms with van der Waals surface area (Å²) < 4.78 is 5.56. The Morgan fingerprint density at radius 3 is 2.34 bits per heavy atom. The summed E-state index contributed by atoms with van der Waals surface area (Å²) in [5, 5.41) is 8.13. The van der Waals surface area contributed by atoms with Crippen molar-refractivity contribution in [3.05, 3.63) is 64.7 Å². The van der Waals surface area contributed by atoms with Crippen LogP contribution in [0.4, 0.5) is 10.5 Å². The zero-order valence-corrected chi connectivity index (χ0v) is 18.4. The van der Waals surface area contributed by atoms with Gasteiger partial charge in [-0.2, -0.15) is 0 Å². The van der Waals surface area contributed by atoms with Crippen molar-refractivity contribution in [3.63, 3.8) is 0 Å². The molecule has 2 aromatic carbocycles. The molecule has 2 saturated heterocycles. The van der Waals surface area contributed by atoms with Gasteiger partial charge in [0.25, 0.3) is 0 Å². The van der Waals surface area contributed by atoms with E-state index in [1.165, 1.54) is 0 Å². The Balaban J connectivity index is 1.25. The van der Waals surface area contributed by atoms with Crippen molar-refractivity contribution < 1.29 is 14.3 Å². The van der Waals surface area contributed by atoms with Crippen LogP contribution < -0.4 is 10.6 Å². The molecule has 2 heterocycles. The number of cyclic esters (lactones) is 1. The Hall–Kier alpha value is -3.10. The molecule has 2 amide bonds. The molecule has 3 N–H and O–H groups in total. The second-order valence-corrected chi connectivity index (χ2v) is 8.50. The van der Waals surface area contributed by atoms with Gasteiger partial charge in [0.05, 0.1) is 13.0 Å². The van der Waals surface area contributed by atoms with Crippen LogP contribution in [0.15, 0.2) is 48.5 Å². The summed E-state index contributed by atoms with van der Waals surface area (Å²) in [6.45, 7) is 3.90. The predicted octanol–water partition coefficient (Wildman–Crippen LogP) is 2.34. The number of nitrogens with one attached hydrogen (secondary N) is 1. The van der Waals surface area contributed by atoms with E-state index in [0.717, 1.165) is 24.3 Å². The first kappa shape index (κ1) is 22.1. The number of carbonyl (C=O) groups is 2. The van der Waals surface area contributed by atoms with Gasteiger partial charge in [0.1, 0.15) is 11.9 Å². The number of hydrogen-bond donors (Lipinski definition) is 2. The molecule has 2 aliphatic heterocycles. The number of nitrogens with two attached hydrogens (primary N) is 1. The average molecular weight is 456 g/mol. The van der Waals surface area contributed by atoms with Crippen molar-refractivity contribution in [2.45, 2.75) is 12.5 Å². The number of amides is 2. The van der Waals surface area contributed by atoms with Gasteiger partial charge in [-0.25, -0.2) is 4.79 Å². The lowest BCUT2D eigenvalue weighted by atomic mass is 10.1. The Morgan fingerprint density at radius 2 is 1.72 bits per heavy atom. The number of rotatable bonds is 6. The Morgan fingerprint density at radius 1 is 1.06 bits per heavy atom. The molecule has 2 aromatic rings. The van der Waals surface area contributed by atoms with Crippen molar-refractivity contribution >= 4 is 35.1 Å². The fourth-order valence-electron chi connectivity index (χ4n) is 4.00. The van der Waals surface area contributed by atoms with Gasteiger partial charge in [-0.05, 0) is 42.0 Å². The van der Waals surface area contributed by atoms with Crippen LogP contribution in [-0.2, 0) is 16.0 Å². The lowest BCUT2D eigenvalue weighted by Gasteiger charge is -2.35. The fourth-order valence-corrected chi connectivity index (χ4v) is 4.13. The number of benzene rings is 2. The number of hydrogen-bond acceptors (Lipinski definition) is 5. The van der Waals surface area contributed by atoms with Crippen LogP contribution in [0.25, 0.3) is 0 Å². The second-order valence-electron chi connectivity index (χ2n) is 8.06. The summed E-state index contributed by atoms with van der Waals surface area (Å²) in [5.41, 5.74) is 7.78. The summed E-state index contributed by atoms with van der Waals surface area (Å²) >= 11 is 5.91. The highest BCUT2D eigenvalue weighted by molar-refractivity contribution is 6.30. The Labute approximate surface area is 192 Å². The molecule has 9 heteroatoms. The minimum absolute atomic E-state index is 0.00999. The molecule has 32 heavy (non-hydrogen) atoms. The molecule has 0 aromatic heterocycles. The maximum absolute atomic E-state index is 12.6. The van der Waals surface area contributed by atoms with Crippen LogP contribution in [-0.4, -0.2) is 73.0 Å². The zero-order valence-electron chi connectivity index (χ0n) is 17.7.